The summed E-state index contributed by atoms with van der Waals surface area (Å²) in [5.74, 6) is 0.363. The van der Waals surface area contributed by atoms with Crippen molar-refractivity contribution in [3.63, 3.8) is 0 Å². The Balaban J connectivity index is 2.26. The number of ether oxygens (including phenoxy) is 1. The molecule has 0 aliphatic heterocycles. The van der Waals surface area contributed by atoms with E-state index in [0.29, 0.717) is 12.5 Å². The highest BCUT2D eigenvalue weighted by Gasteiger charge is 2.30. The molecule has 0 bridgehead atoms. The van der Waals surface area contributed by atoms with Crippen LogP contribution >= 0.6 is 0 Å². The zero-order valence-corrected chi connectivity index (χ0v) is 9.77. The van der Waals surface area contributed by atoms with Crippen LogP contribution in [0.15, 0.2) is 0 Å². The zero-order chi connectivity index (χ0) is 11.4. The van der Waals surface area contributed by atoms with Gasteiger partial charge in [0.2, 0.25) is 0 Å². The van der Waals surface area contributed by atoms with Crippen LogP contribution in [0.3, 0.4) is 0 Å². The van der Waals surface area contributed by atoms with Crippen molar-refractivity contribution >= 4 is 5.97 Å². The molecule has 0 aromatic rings. The second-order valence-electron chi connectivity index (χ2n) is 4.36. The predicted octanol–water partition coefficient (Wildman–Crippen LogP) is 0.641. The second kappa shape index (κ2) is 5.47. The van der Waals surface area contributed by atoms with Crippen LogP contribution < -0.4 is 0 Å². The maximum atomic E-state index is 11.4. The highest BCUT2D eigenvalue weighted by molar-refractivity contribution is 5.75. The molecule has 1 aliphatic carbocycles. The van der Waals surface area contributed by atoms with E-state index in [1.807, 2.05) is 25.8 Å². The van der Waals surface area contributed by atoms with Crippen molar-refractivity contribution in [2.75, 3.05) is 20.2 Å². The smallest absolute Gasteiger partial charge is 0.323 e. The Morgan fingerprint density at radius 1 is 1.60 bits per heavy atom. The van der Waals surface area contributed by atoms with Gasteiger partial charge >= 0.3 is 5.97 Å². The number of carbonyl (C=O) groups excluding carboxylic acids is 1. The molecule has 4 nitrogen and oxygen atoms in total. The lowest BCUT2D eigenvalue weighted by molar-refractivity contribution is -0.148. The van der Waals surface area contributed by atoms with Gasteiger partial charge in [0.25, 0.3) is 0 Å². The van der Waals surface area contributed by atoms with Crippen molar-refractivity contribution in [3.05, 3.63) is 0 Å². The van der Waals surface area contributed by atoms with Gasteiger partial charge in [-0.3, -0.25) is 9.69 Å². The predicted molar refractivity (Wildman–Crippen MR) is 57.5 cm³/mol. The average Bonchev–Trinajstić information content (AvgIpc) is 2.14. The van der Waals surface area contributed by atoms with E-state index >= 15 is 0 Å². The lowest BCUT2D eigenvalue weighted by Crippen LogP contribution is -2.43. The van der Waals surface area contributed by atoms with Gasteiger partial charge in [0, 0.05) is 6.54 Å². The molecule has 1 saturated carbocycles. The van der Waals surface area contributed by atoms with Gasteiger partial charge < -0.3 is 9.84 Å². The van der Waals surface area contributed by atoms with Crippen LogP contribution in [-0.4, -0.2) is 48.3 Å². The SMILES string of the molecule is CCOC(=O)C(C)N(C)CC1CC(O)C1. The standard InChI is InChI=1S/C11H21NO3/c1-4-15-11(14)8(2)12(3)7-9-5-10(13)6-9/h8-10,13H,4-7H2,1-3H3. The minimum atomic E-state index is -0.192. The van der Waals surface area contributed by atoms with Crippen LogP contribution in [0.25, 0.3) is 0 Å². The highest BCUT2D eigenvalue weighted by Crippen LogP contribution is 2.27. The summed E-state index contributed by atoms with van der Waals surface area (Å²) in [5, 5.41) is 9.15. The minimum Gasteiger partial charge on any atom is -0.465 e. The molecule has 0 aromatic heterocycles. The highest BCUT2D eigenvalue weighted by atomic mass is 16.5. The number of carbonyl (C=O) groups is 1. The number of rotatable bonds is 5. The Bertz CT molecular complexity index is 214. The molecule has 1 rings (SSSR count). The van der Waals surface area contributed by atoms with Gasteiger partial charge in [-0.25, -0.2) is 0 Å². The molecule has 0 heterocycles. The fraction of sp³-hybridized carbons (Fsp3) is 0.909. The van der Waals surface area contributed by atoms with Crippen LogP contribution in [0.5, 0.6) is 0 Å². The Hall–Kier alpha value is -0.610. The van der Waals surface area contributed by atoms with Crippen molar-refractivity contribution in [1.82, 2.24) is 4.90 Å². The summed E-state index contributed by atoms with van der Waals surface area (Å²) in [7, 11) is 1.92. The number of hydrogen-bond acceptors (Lipinski definition) is 4. The van der Waals surface area contributed by atoms with Gasteiger partial charge in [-0.2, -0.15) is 0 Å². The number of esters is 1. The first-order chi connectivity index (χ1) is 7.04. The molecular weight excluding hydrogens is 194 g/mol. The molecule has 0 radical (unpaired) electrons. The molecule has 0 spiro atoms. The molecule has 0 aromatic carbocycles. The monoisotopic (exact) mass is 215 g/mol. The maximum absolute atomic E-state index is 11.4. The van der Waals surface area contributed by atoms with Crippen molar-refractivity contribution in [2.45, 2.75) is 38.8 Å². The Kier molecular flexibility index (Phi) is 4.54. The molecule has 0 saturated heterocycles. The molecule has 15 heavy (non-hydrogen) atoms. The third-order valence-corrected chi connectivity index (χ3v) is 3.05. The quantitative estimate of drug-likeness (QED) is 0.684. The maximum Gasteiger partial charge on any atom is 0.323 e. The summed E-state index contributed by atoms with van der Waals surface area (Å²) in [6.07, 6.45) is 1.60. The van der Waals surface area contributed by atoms with Crippen LogP contribution in [-0.2, 0) is 9.53 Å². The van der Waals surface area contributed by atoms with Gasteiger partial charge in [0.1, 0.15) is 6.04 Å². The molecule has 88 valence electrons. The molecule has 1 N–H and O–H groups in total. The summed E-state index contributed by atoms with van der Waals surface area (Å²) >= 11 is 0. The number of hydrogen-bond donors (Lipinski definition) is 1. The van der Waals surface area contributed by atoms with Crippen LogP contribution in [0.1, 0.15) is 26.7 Å². The second-order valence-corrected chi connectivity index (χ2v) is 4.36. The molecule has 0 amide bonds. The van der Waals surface area contributed by atoms with Crippen molar-refractivity contribution in [3.8, 4) is 0 Å². The fourth-order valence-corrected chi connectivity index (χ4v) is 1.86. The molecule has 1 fully saturated rings. The third-order valence-electron chi connectivity index (χ3n) is 3.05. The number of nitrogens with zero attached hydrogens (tertiary/aromatic N) is 1. The van der Waals surface area contributed by atoms with Crippen LogP contribution in [0, 0.1) is 5.92 Å². The lowest BCUT2D eigenvalue weighted by atomic mass is 9.82. The normalized spacial score (nSPS) is 27.3. The summed E-state index contributed by atoms with van der Waals surface area (Å²) in [6.45, 7) is 4.95. The largest absolute Gasteiger partial charge is 0.465 e. The van der Waals surface area contributed by atoms with Crippen LogP contribution in [0.2, 0.25) is 0 Å². The van der Waals surface area contributed by atoms with E-state index in [2.05, 4.69) is 0 Å². The van der Waals surface area contributed by atoms with Crippen LogP contribution in [0.4, 0.5) is 0 Å². The summed E-state index contributed by atoms with van der Waals surface area (Å²) in [4.78, 5) is 13.4. The molecule has 4 heteroatoms. The fourth-order valence-electron chi connectivity index (χ4n) is 1.86. The van der Waals surface area contributed by atoms with E-state index in [1.54, 1.807) is 0 Å². The topological polar surface area (TPSA) is 49.8 Å². The Morgan fingerprint density at radius 3 is 2.67 bits per heavy atom. The summed E-state index contributed by atoms with van der Waals surface area (Å²) in [5.41, 5.74) is 0. The van der Waals surface area contributed by atoms with Gasteiger partial charge in [0.15, 0.2) is 0 Å². The van der Waals surface area contributed by atoms with Gasteiger partial charge in [-0.05, 0) is 39.7 Å². The van der Waals surface area contributed by atoms with E-state index < -0.39 is 0 Å². The number of aliphatic hydroxyl groups excluding tert-OH is 1. The zero-order valence-electron chi connectivity index (χ0n) is 9.77. The van der Waals surface area contributed by atoms with E-state index in [-0.39, 0.29) is 18.1 Å². The van der Waals surface area contributed by atoms with E-state index in [1.165, 1.54) is 0 Å². The van der Waals surface area contributed by atoms with E-state index in [9.17, 15) is 4.79 Å². The van der Waals surface area contributed by atoms with Gasteiger partial charge in [0.05, 0.1) is 12.7 Å². The lowest BCUT2D eigenvalue weighted by Gasteiger charge is -2.35. The number of likely N-dealkylation sites (N-methyl/N-ethyl adjacent to an activating group) is 1. The summed E-state index contributed by atoms with van der Waals surface area (Å²) in [6, 6.07) is -0.192. The first-order valence-corrected chi connectivity index (χ1v) is 5.59. The Morgan fingerprint density at radius 2 is 2.20 bits per heavy atom. The van der Waals surface area contributed by atoms with E-state index in [0.717, 1.165) is 19.4 Å². The third kappa shape index (κ3) is 3.47. The molecular formula is C11H21NO3. The molecule has 1 atom stereocenters. The molecule has 1 aliphatic rings. The van der Waals surface area contributed by atoms with Crippen molar-refractivity contribution in [1.29, 1.82) is 0 Å². The molecule has 1 unspecified atom stereocenters. The van der Waals surface area contributed by atoms with Gasteiger partial charge in [-0.1, -0.05) is 0 Å². The van der Waals surface area contributed by atoms with Crippen molar-refractivity contribution in [2.24, 2.45) is 5.92 Å². The van der Waals surface area contributed by atoms with E-state index in [4.69, 9.17) is 9.84 Å². The average molecular weight is 215 g/mol. The first kappa shape index (κ1) is 12.5. The first-order valence-electron chi connectivity index (χ1n) is 5.59. The Labute approximate surface area is 91.2 Å². The van der Waals surface area contributed by atoms with Crippen molar-refractivity contribution < 1.29 is 14.6 Å². The summed E-state index contributed by atoms with van der Waals surface area (Å²) < 4.78 is 4.95. The van der Waals surface area contributed by atoms with Gasteiger partial charge in [-0.15, -0.1) is 0 Å². The number of aliphatic hydroxyl groups is 1. The minimum absolute atomic E-state index is 0.124.